The Bertz CT molecular complexity index is 793. The van der Waals surface area contributed by atoms with E-state index < -0.39 is 16.6 Å². The first kappa shape index (κ1) is 18.5. The molecular formula is C18H19FN2O4. The van der Waals surface area contributed by atoms with E-state index in [1.807, 2.05) is 31.2 Å². The van der Waals surface area contributed by atoms with Crippen molar-refractivity contribution in [1.29, 1.82) is 0 Å². The molecule has 0 unspecified atom stereocenters. The van der Waals surface area contributed by atoms with Gasteiger partial charge in [0, 0.05) is 18.7 Å². The molecule has 25 heavy (non-hydrogen) atoms. The maximum absolute atomic E-state index is 13.6. The molecule has 0 aromatic heterocycles. The monoisotopic (exact) mass is 346 g/mol. The summed E-state index contributed by atoms with van der Waals surface area (Å²) in [6, 6.07) is 9.32. The third kappa shape index (κ3) is 4.60. The van der Waals surface area contributed by atoms with Crippen LogP contribution < -0.4 is 5.32 Å². The van der Waals surface area contributed by atoms with Crippen molar-refractivity contribution in [1.82, 2.24) is 5.32 Å². The van der Waals surface area contributed by atoms with Gasteiger partial charge in [-0.25, -0.2) is 4.39 Å². The second kappa shape index (κ2) is 8.34. The molecule has 0 spiro atoms. The molecule has 0 saturated heterocycles. The molecular weight excluding hydrogens is 327 g/mol. The predicted octanol–water partition coefficient (Wildman–Crippen LogP) is 3.51. The average molecular weight is 346 g/mol. The molecule has 0 fully saturated rings. The van der Waals surface area contributed by atoms with E-state index >= 15 is 0 Å². The Labute approximate surface area is 144 Å². The molecule has 2 rings (SSSR count). The molecule has 0 bridgehead atoms. The molecule has 2 aromatic carbocycles. The van der Waals surface area contributed by atoms with Crippen molar-refractivity contribution in [2.45, 2.75) is 27.0 Å². The van der Waals surface area contributed by atoms with Gasteiger partial charge in [-0.2, -0.15) is 0 Å². The molecule has 0 saturated carbocycles. The Morgan fingerprint density at radius 3 is 2.60 bits per heavy atom. The first-order valence-electron chi connectivity index (χ1n) is 7.81. The molecule has 1 N–H and O–H groups in total. The molecule has 2 aromatic rings. The van der Waals surface area contributed by atoms with E-state index in [1.54, 1.807) is 0 Å². The highest BCUT2D eigenvalue weighted by molar-refractivity contribution is 5.98. The number of carbonyl (C=O) groups is 1. The molecule has 1 amide bonds. The van der Waals surface area contributed by atoms with E-state index in [1.165, 1.54) is 6.92 Å². The number of ether oxygens (including phenoxy) is 1. The lowest BCUT2D eigenvalue weighted by Crippen LogP contribution is -2.25. The first-order chi connectivity index (χ1) is 11.9. The topological polar surface area (TPSA) is 81.5 Å². The van der Waals surface area contributed by atoms with Gasteiger partial charge in [0.25, 0.3) is 11.6 Å². The second-order valence-corrected chi connectivity index (χ2v) is 5.46. The number of amides is 1. The summed E-state index contributed by atoms with van der Waals surface area (Å²) in [5, 5.41) is 13.8. The van der Waals surface area contributed by atoms with Gasteiger partial charge in [-0.15, -0.1) is 0 Å². The number of halogens is 1. The van der Waals surface area contributed by atoms with Crippen LogP contribution in [0.5, 0.6) is 0 Å². The number of nitro groups is 1. The third-order valence-electron chi connectivity index (χ3n) is 3.71. The Balaban J connectivity index is 2.21. The average Bonchev–Trinajstić information content (AvgIpc) is 2.57. The van der Waals surface area contributed by atoms with E-state index in [-0.39, 0.29) is 23.4 Å². The minimum atomic E-state index is -0.694. The van der Waals surface area contributed by atoms with Gasteiger partial charge in [0.1, 0.15) is 11.4 Å². The van der Waals surface area contributed by atoms with Crippen LogP contribution in [0.25, 0.3) is 0 Å². The van der Waals surface area contributed by atoms with Crippen molar-refractivity contribution in [3.8, 4) is 0 Å². The number of nitro benzene ring substituents is 1. The van der Waals surface area contributed by atoms with Gasteiger partial charge < -0.3 is 10.1 Å². The zero-order valence-electron chi connectivity index (χ0n) is 14.0. The van der Waals surface area contributed by atoms with Gasteiger partial charge in [0.05, 0.1) is 11.5 Å². The molecule has 0 heterocycles. The zero-order chi connectivity index (χ0) is 18.4. The highest BCUT2D eigenvalue weighted by Gasteiger charge is 2.24. The standard InChI is InChI=1S/C18H19FN2O4/c1-3-25-11-14-7-5-4-6-13(14)10-20-18(22)16-9-15(19)8-12(2)17(16)21(23)24/h4-9H,3,10-11H2,1-2H3,(H,20,22). The Morgan fingerprint density at radius 1 is 1.28 bits per heavy atom. The number of hydrogen-bond donors (Lipinski definition) is 1. The maximum atomic E-state index is 13.6. The van der Waals surface area contributed by atoms with Crippen molar-refractivity contribution in [2.75, 3.05) is 6.61 Å². The van der Waals surface area contributed by atoms with Gasteiger partial charge in [-0.05, 0) is 37.1 Å². The van der Waals surface area contributed by atoms with Crippen LogP contribution in [0.15, 0.2) is 36.4 Å². The number of carbonyl (C=O) groups excluding carboxylic acids is 1. The number of aryl methyl sites for hydroxylation is 1. The summed E-state index contributed by atoms with van der Waals surface area (Å²) in [4.78, 5) is 22.9. The van der Waals surface area contributed by atoms with E-state index in [9.17, 15) is 19.3 Å². The number of benzene rings is 2. The quantitative estimate of drug-likeness (QED) is 0.614. The smallest absolute Gasteiger partial charge is 0.285 e. The SMILES string of the molecule is CCOCc1ccccc1CNC(=O)c1cc(F)cc(C)c1[N+](=O)[O-]. The third-order valence-corrected chi connectivity index (χ3v) is 3.71. The molecule has 6 nitrogen and oxygen atoms in total. The highest BCUT2D eigenvalue weighted by Crippen LogP contribution is 2.25. The number of nitrogens with zero attached hydrogens (tertiary/aromatic N) is 1. The van der Waals surface area contributed by atoms with E-state index in [0.29, 0.717) is 13.2 Å². The molecule has 0 radical (unpaired) electrons. The van der Waals surface area contributed by atoms with Crippen molar-refractivity contribution in [3.05, 3.63) is 74.6 Å². The normalized spacial score (nSPS) is 10.5. The number of hydrogen-bond acceptors (Lipinski definition) is 4. The minimum absolute atomic E-state index is 0.104. The molecule has 0 aliphatic rings. The summed E-state index contributed by atoms with van der Waals surface area (Å²) in [6.45, 7) is 4.41. The summed E-state index contributed by atoms with van der Waals surface area (Å²) in [5.41, 5.74) is 1.17. The van der Waals surface area contributed by atoms with Gasteiger partial charge in [-0.1, -0.05) is 24.3 Å². The largest absolute Gasteiger partial charge is 0.377 e. The highest BCUT2D eigenvalue weighted by atomic mass is 19.1. The zero-order valence-corrected chi connectivity index (χ0v) is 14.0. The Morgan fingerprint density at radius 2 is 1.96 bits per heavy atom. The Hall–Kier alpha value is -2.80. The summed E-state index contributed by atoms with van der Waals surface area (Å²) < 4.78 is 19.0. The van der Waals surface area contributed by atoms with Crippen LogP contribution in [0.1, 0.15) is 34.0 Å². The molecule has 0 aliphatic carbocycles. The second-order valence-electron chi connectivity index (χ2n) is 5.46. The van der Waals surface area contributed by atoms with Crippen LogP contribution >= 0.6 is 0 Å². The summed E-state index contributed by atoms with van der Waals surface area (Å²) >= 11 is 0. The predicted molar refractivity (Wildman–Crippen MR) is 90.7 cm³/mol. The number of nitrogens with one attached hydrogen (secondary N) is 1. The van der Waals surface area contributed by atoms with E-state index in [2.05, 4.69) is 5.32 Å². The molecule has 0 aliphatic heterocycles. The van der Waals surface area contributed by atoms with E-state index in [0.717, 1.165) is 23.3 Å². The van der Waals surface area contributed by atoms with Crippen LogP contribution in [-0.2, 0) is 17.9 Å². The fourth-order valence-corrected chi connectivity index (χ4v) is 2.50. The first-order valence-corrected chi connectivity index (χ1v) is 7.81. The van der Waals surface area contributed by atoms with Gasteiger partial charge in [0.2, 0.25) is 0 Å². The van der Waals surface area contributed by atoms with Crippen molar-refractivity contribution in [2.24, 2.45) is 0 Å². The van der Waals surface area contributed by atoms with Crippen LogP contribution in [0, 0.1) is 22.9 Å². The van der Waals surface area contributed by atoms with Gasteiger partial charge >= 0.3 is 0 Å². The van der Waals surface area contributed by atoms with Crippen molar-refractivity contribution >= 4 is 11.6 Å². The van der Waals surface area contributed by atoms with Crippen LogP contribution in [0.3, 0.4) is 0 Å². The van der Waals surface area contributed by atoms with Gasteiger partial charge in [-0.3, -0.25) is 14.9 Å². The lowest BCUT2D eigenvalue weighted by Gasteiger charge is -2.11. The summed E-state index contributed by atoms with van der Waals surface area (Å²) in [7, 11) is 0. The number of rotatable bonds is 7. The Kier molecular flexibility index (Phi) is 6.19. The van der Waals surface area contributed by atoms with Crippen LogP contribution in [0.4, 0.5) is 10.1 Å². The lowest BCUT2D eigenvalue weighted by atomic mass is 10.1. The van der Waals surface area contributed by atoms with Crippen molar-refractivity contribution < 1.29 is 18.8 Å². The maximum Gasteiger partial charge on any atom is 0.285 e. The summed E-state index contributed by atoms with van der Waals surface area (Å²) in [5.74, 6) is -1.38. The minimum Gasteiger partial charge on any atom is -0.377 e. The summed E-state index contributed by atoms with van der Waals surface area (Å²) in [6.07, 6.45) is 0. The molecule has 7 heteroatoms. The van der Waals surface area contributed by atoms with Crippen molar-refractivity contribution in [3.63, 3.8) is 0 Å². The lowest BCUT2D eigenvalue weighted by molar-refractivity contribution is -0.385. The van der Waals surface area contributed by atoms with E-state index in [4.69, 9.17) is 4.74 Å². The van der Waals surface area contributed by atoms with Crippen LogP contribution in [0.2, 0.25) is 0 Å². The van der Waals surface area contributed by atoms with Gasteiger partial charge in [0.15, 0.2) is 0 Å². The van der Waals surface area contributed by atoms with Crippen LogP contribution in [-0.4, -0.2) is 17.4 Å². The fourth-order valence-electron chi connectivity index (χ4n) is 2.50. The fraction of sp³-hybridized carbons (Fsp3) is 0.278. The molecule has 0 atom stereocenters. The molecule has 132 valence electrons.